The van der Waals surface area contributed by atoms with Crippen LogP contribution in [-0.2, 0) is 32.0 Å². The smallest absolute Gasteiger partial charge is 0.412 e. The van der Waals surface area contributed by atoms with Gasteiger partial charge in [-0.05, 0) is 19.1 Å². The van der Waals surface area contributed by atoms with Gasteiger partial charge in [0, 0.05) is 18.0 Å². The molecule has 1 fully saturated rings. The molecular formula is C18H21N3O13P2-2. The lowest BCUT2D eigenvalue weighted by atomic mass is 10.1. The number of ether oxygens (including phenoxy) is 2. The maximum absolute atomic E-state index is 12.4. The van der Waals surface area contributed by atoms with Crippen molar-refractivity contribution in [1.82, 2.24) is 9.55 Å². The van der Waals surface area contributed by atoms with Crippen LogP contribution in [0.25, 0.3) is 0 Å². The zero-order chi connectivity index (χ0) is 26.5. The number of H-pyrrole nitrogens is 1. The molecule has 0 bridgehead atoms. The predicted octanol–water partition coefficient (Wildman–Crippen LogP) is -0.581. The molecule has 3 rings (SSSR count). The molecule has 198 valence electrons. The van der Waals surface area contributed by atoms with E-state index in [1.807, 2.05) is 4.98 Å². The van der Waals surface area contributed by atoms with Crippen LogP contribution in [0.3, 0.4) is 0 Å². The molecule has 1 saturated heterocycles. The second kappa shape index (κ2) is 11.6. The van der Waals surface area contributed by atoms with Gasteiger partial charge in [-0.3, -0.25) is 28.8 Å². The molecule has 0 spiro atoms. The Bertz CT molecular complexity index is 1270. The first-order valence-corrected chi connectivity index (χ1v) is 13.1. The van der Waals surface area contributed by atoms with Gasteiger partial charge in [0.1, 0.15) is 12.2 Å². The molecule has 1 amide bonds. The monoisotopic (exact) mass is 549 g/mol. The zero-order valence-corrected chi connectivity index (χ0v) is 20.2. The molecule has 0 saturated carbocycles. The fourth-order valence-electron chi connectivity index (χ4n) is 3.14. The van der Waals surface area contributed by atoms with E-state index < -0.39 is 70.7 Å². The Hall–Kier alpha value is -2.65. The standard InChI is InChI=1S/C18H23N3O13P2/c1-2-30-35(26,27)34-36(28,29)31-10-12-15(33-18(25)19-11-6-4-3-5-7-11)14(23)16(32-12)21-9-8-13(22)20-17(21)24/h3-9,12,14-16,23H,2,10H2,1H3,(H,19,25)(H,26,27)(H,28,29)(H,20,22,24)/p-2/t12-,14?,15+,16-/m1/s1. The Labute approximate surface area is 202 Å². The van der Waals surface area contributed by atoms with E-state index in [0.29, 0.717) is 5.69 Å². The van der Waals surface area contributed by atoms with Gasteiger partial charge in [-0.15, -0.1) is 0 Å². The van der Waals surface area contributed by atoms with E-state index in [1.165, 1.54) is 19.1 Å². The number of hydrogen-bond acceptors (Lipinski definition) is 13. The molecule has 1 aromatic carbocycles. The van der Waals surface area contributed by atoms with Gasteiger partial charge < -0.3 is 33.4 Å². The van der Waals surface area contributed by atoms with Crippen LogP contribution >= 0.6 is 15.6 Å². The number of aromatic amines is 1. The van der Waals surface area contributed by atoms with Crippen LogP contribution in [0.5, 0.6) is 0 Å². The quantitative estimate of drug-likeness (QED) is 0.315. The highest BCUT2D eigenvalue weighted by Crippen LogP contribution is 2.55. The Morgan fingerprint density at radius 3 is 2.47 bits per heavy atom. The number of carbonyl (C=O) groups is 1. The summed E-state index contributed by atoms with van der Waals surface area (Å²) in [4.78, 5) is 61.3. The average Bonchev–Trinajstić information content (AvgIpc) is 3.07. The first-order valence-electron chi connectivity index (χ1n) is 10.2. The largest absolute Gasteiger partial charge is 0.756 e. The van der Waals surface area contributed by atoms with E-state index in [9.17, 15) is 38.4 Å². The third-order valence-corrected chi connectivity index (χ3v) is 7.22. The fourth-order valence-corrected chi connectivity index (χ4v) is 5.14. The minimum absolute atomic E-state index is 0.330. The molecular weight excluding hydrogens is 528 g/mol. The van der Waals surface area contributed by atoms with Gasteiger partial charge >= 0.3 is 11.8 Å². The maximum atomic E-state index is 12.4. The van der Waals surface area contributed by atoms with Crippen molar-refractivity contribution < 1.29 is 51.6 Å². The third-order valence-electron chi connectivity index (χ3n) is 4.58. The van der Waals surface area contributed by atoms with Crippen LogP contribution in [0.2, 0.25) is 0 Å². The van der Waals surface area contributed by atoms with Crippen LogP contribution < -0.4 is 26.4 Å². The van der Waals surface area contributed by atoms with E-state index in [1.54, 1.807) is 18.2 Å². The second-order valence-corrected chi connectivity index (χ2v) is 10.1. The van der Waals surface area contributed by atoms with E-state index >= 15 is 0 Å². The summed E-state index contributed by atoms with van der Waals surface area (Å²) >= 11 is 0. The predicted molar refractivity (Wildman–Crippen MR) is 115 cm³/mol. The number of phosphoric acid groups is 2. The number of nitrogens with zero attached hydrogens (tertiary/aromatic N) is 1. The van der Waals surface area contributed by atoms with Gasteiger partial charge in [0.15, 0.2) is 12.3 Å². The SMILES string of the molecule is CCOP(=O)([O-])OP(=O)([O-])OC[C@H]1O[C@@H](n2ccc(=O)[nH]c2=O)C(O)[C@H]1OC(=O)Nc1ccccc1. The van der Waals surface area contributed by atoms with Crippen molar-refractivity contribution in [1.29, 1.82) is 0 Å². The summed E-state index contributed by atoms with van der Waals surface area (Å²) in [7, 11) is -10.8. The van der Waals surface area contributed by atoms with E-state index in [0.717, 1.165) is 16.8 Å². The Balaban J connectivity index is 1.79. The summed E-state index contributed by atoms with van der Waals surface area (Å²) in [6, 6.07) is 8.98. The zero-order valence-electron chi connectivity index (χ0n) is 18.5. The summed E-state index contributed by atoms with van der Waals surface area (Å²) < 4.78 is 47.6. The van der Waals surface area contributed by atoms with Gasteiger partial charge in [0.2, 0.25) is 0 Å². The number of anilines is 1. The summed E-state index contributed by atoms with van der Waals surface area (Å²) in [5.41, 5.74) is -1.39. The lowest BCUT2D eigenvalue weighted by Crippen LogP contribution is -2.41. The topological polar surface area (TPSA) is 231 Å². The molecule has 1 aliphatic rings. The Kier molecular flexibility index (Phi) is 9.00. The number of para-hydroxylation sites is 1. The van der Waals surface area contributed by atoms with Gasteiger partial charge in [-0.25, -0.2) is 13.9 Å². The maximum Gasteiger partial charge on any atom is 0.412 e. The van der Waals surface area contributed by atoms with Gasteiger partial charge in [0.05, 0.1) is 13.2 Å². The van der Waals surface area contributed by atoms with E-state index in [-0.39, 0.29) is 0 Å². The van der Waals surface area contributed by atoms with Crippen molar-refractivity contribution >= 4 is 27.4 Å². The molecule has 0 aliphatic carbocycles. The van der Waals surface area contributed by atoms with Gasteiger partial charge in [-0.1, -0.05) is 18.2 Å². The van der Waals surface area contributed by atoms with Crippen LogP contribution in [0.4, 0.5) is 10.5 Å². The Morgan fingerprint density at radius 2 is 1.83 bits per heavy atom. The molecule has 18 heteroatoms. The van der Waals surface area contributed by atoms with Crippen molar-refractivity contribution in [3.05, 3.63) is 63.4 Å². The molecule has 6 atom stereocenters. The molecule has 1 aliphatic heterocycles. The summed E-state index contributed by atoms with van der Waals surface area (Å²) in [5, 5.41) is 13.1. The number of aliphatic hydroxyl groups excluding tert-OH is 1. The van der Waals surface area contributed by atoms with E-state index in [2.05, 4.69) is 18.7 Å². The molecule has 1 aromatic heterocycles. The van der Waals surface area contributed by atoms with Crippen LogP contribution in [0.1, 0.15) is 13.2 Å². The number of phosphoric ester groups is 2. The van der Waals surface area contributed by atoms with Crippen LogP contribution in [0.15, 0.2) is 52.2 Å². The van der Waals surface area contributed by atoms with Crippen molar-refractivity contribution in [3.63, 3.8) is 0 Å². The number of amides is 1. The Morgan fingerprint density at radius 1 is 1.17 bits per heavy atom. The molecule has 36 heavy (non-hydrogen) atoms. The molecule has 2 aromatic rings. The van der Waals surface area contributed by atoms with Crippen LogP contribution in [0, 0.1) is 0 Å². The molecule has 16 nitrogen and oxygen atoms in total. The highest BCUT2D eigenvalue weighted by Gasteiger charge is 2.48. The number of aliphatic hydroxyl groups is 1. The highest BCUT2D eigenvalue weighted by molar-refractivity contribution is 7.59. The van der Waals surface area contributed by atoms with Crippen LogP contribution in [-0.4, -0.2) is 52.3 Å². The highest BCUT2D eigenvalue weighted by atomic mass is 31.3. The number of carbonyl (C=O) groups excluding carboxylic acids is 1. The molecule has 2 heterocycles. The van der Waals surface area contributed by atoms with Gasteiger partial charge in [0.25, 0.3) is 21.2 Å². The second-order valence-electron chi connectivity index (χ2n) is 7.12. The lowest BCUT2D eigenvalue weighted by Gasteiger charge is -2.31. The summed E-state index contributed by atoms with van der Waals surface area (Å²) in [6.07, 6.45) is -6.56. The first kappa shape index (κ1) is 27.9. The van der Waals surface area contributed by atoms with E-state index in [4.69, 9.17) is 9.47 Å². The minimum atomic E-state index is -5.52. The van der Waals surface area contributed by atoms with Crippen molar-refractivity contribution in [2.75, 3.05) is 18.5 Å². The summed E-state index contributed by atoms with van der Waals surface area (Å²) in [5.74, 6) is 0. The average molecular weight is 549 g/mol. The normalized spacial score (nSPS) is 25.0. The molecule has 3 unspecified atom stereocenters. The van der Waals surface area contributed by atoms with Crippen molar-refractivity contribution in [2.24, 2.45) is 0 Å². The number of rotatable bonds is 10. The fraction of sp³-hybridized carbons (Fsp3) is 0.389. The minimum Gasteiger partial charge on any atom is -0.756 e. The summed E-state index contributed by atoms with van der Waals surface area (Å²) in [6.45, 7) is -0.123. The molecule has 0 radical (unpaired) electrons. The first-order chi connectivity index (χ1) is 16.9. The van der Waals surface area contributed by atoms with Gasteiger partial charge in [-0.2, -0.15) is 0 Å². The lowest BCUT2D eigenvalue weighted by molar-refractivity contribution is -0.245. The number of aromatic nitrogens is 2. The van der Waals surface area contributed by atoms with Crippen molar-refractivity contribution in [2.45, 2.75) is 31.5 Å². The third kappa shape index (κ3) is 7.43. The molecule has 3 N–H and O–H groups in total. The number of hydrogen-bond donors (Lipinski definition) is 3. The number of nitrogens with one attached hydrogen (secondary N) is 2. The number of benzene rings is 1. The van der Waals surface area contributed by atoms with Crippen molar-refractivity contribution in [3.8, 4) is 0 Å².